The first-order valence-corrected chi connectivity index (χ1v) is 8.85. The van der Waals surface area contributed by atoms with E-state index < -0.39 is 0 Å². The van der Waals surface area contributed by atoms with Crippen molar-refractivity contribution in [2.45, 2.75) is 31.7 Å². The summed E-state index contributed by atoms with van der Waals surface area (Å²) in [7, 11) is 1.69. The molecule has 0 N–H and O–H groups in total. The summed E-state index contributed by atoms with van der Waals surface area (Å²) in [6, 6.07) is 16.3. The van der Waals surface area contributed by atoms with Crippen molar-refractivity contribution >= 4 is 23.2 Å². The molecule has 1 aliphatic rings. The van der Waals surface area contributed by atoms with Gasteiger partial charge >= 0.3 is 0 Å². The van der Waals surface area contributed by atoms with Crippen molar-refractivity contribution in [3.63, 3.8) is 0 Å². The highest BCUT2D eigenvalue weighted by atomic mass is 35.5. The van der Waals surface area contributed by atoms with Crippen LogP contribution < -0.4 is 9.64 Å². The molecule has 126 valence electrons. The molecule has 1 unspecified atom stereocenters. The smallest absolute Gasteiger partial charge is 0.228 e. The fourth-order valence-electron chi connectivity index (χ4n) is 3.41. The van der Waals surface area contributed by atoms with Gasteiger partial charge in [-0.1, -0.05) is 24.3 Å². The van der Waals surface area contributed by atoms with Crippen LogP contribution in [-0.2, 0) is 17.6 Å². The van der Waals surface area contributed by atoms with Crippen LogP contribution in [0.25, 0.3) is 0 Å². The van der Waals surface area contributed by atoms with Crippen molar-refractivity contribution in [2.75, 3.05) is 17.9 Å². The maximum Gasteiger partial charge on any atom is 0.228 e. The molecule has 0 aliphatic heterocycles. The van der Waals surface area contributed by atoms with Crippen LogP contribution >= 0.6 is 11.6 Å². The number of alkyl halides is 1. The number of benzene rings is 2. The van der Waals surface area contributed by atoms with Gasteiger partial charge in [0, 0.05) is 24.0 Å². The van der Waals surface area contributed by atoms with Crippen molar-refractivity contribution in [3.05, 3.63) is 59.7 Å². The van der Waals surface area contributed by atoms with E-state index >= 15 is 0 Å². The Morgan fingerprint density at radius 3 is 2.71 bits per heavy atom. The van der Waals surface area contributed by atoms with Crippen molar-refractivity contribution in [1.29, 1.82) is 0 Å². The second kappa shape index (κ2) is 7.71. The summed E-state index contributed by atoms with van der Waals surface area (Å²) in [5.41, 5.74) is 3.57. The van der Waals surface area contributed by atoms with Gasteiger partial charge in [-0.25, -0.2) is 0 Å². The molecule has 2 aromatic rings. The van der Waals surface area contributed by atoms with Crippen LogP contribution in [0.1, 0.15) is 24.0 Å². The number of nitrogens with zero attached hydrogens (tertiary/aromatic N) is 1. The summed E-state index contributed by atoms with van der Waals surface area (Å²) in [6.07, 6.45) is 3.13. The number of carbonyl (C=O) groups excluding carboxylic acids is 1. The van der Waals surface area contributed by atoms with E-state index in [-0.39, 0.29) is 11.9 Å². The van der Waals surface area contributed by atoms with Gasteiger partial charge in [-0.3, -0.25) is 4.79 Å². The third kappa shape index (κ3) is 3.57. The Labute approximate surface area is 148 Å². The van der Waals surface area contributed by atoms with Crippen LogP contribution in [0.4, 0.5) is 5.69 Å². The third-order valence-electron chi connectivity index (χ3n) is 4.59. The molecule has 0 spiro atoms. The fraction of sp³-hybridized carbons (Fsp3) is 0.350. The molecular formula is C20H22ClNO2. The molecule has 1 aliphatic carbocycles. The predicted octanol–water partition coefficient (Wildman–Crippen LogP) is 4.21. The van der Waals surface area contributed by atoms with Crippen LogP contribution in [0.15, 0.2) is 48.5 Å². The van der Waals surface area contributed by atoms with E-state index in [1.54, 1.807) is 7.11 Å². The predicted molar refractivity (Wildman–Crippen MR) is 98.1 cm³/mol. The minimum atomic E-state index is 0.0955. The highest BCUT2D eigenvalue weighted by Gasteiger charge is 2.28. The Kier molecular flexibility index (Phi) is 5.41. The zero-order valence-corrected chi connectivity index (χ0v) is 14.6. The van der Waals surface area contributed by atoms with E-state index in [0.717, 1.165) is 30.7 Å². The summed E-state index contributed by atoms with van der Waals surface area (Å²) >= 11 is 5.82. The average Bonchev–Trinajstić information content (AvgIpc) is 2.62. The lowest BCUT2D eigenvalue weighted by atomic mass is 9.87. The van der Waals surface area contributed by atoms with Gasteiger partial charge in [0.25, 0.3) is 0 Å². The number of carbonyl (C=O) groups is 1. The molecule has 0 saturated heterocycles. The second-order valence-electron chi connectivity index (χ2n) is 6.07. The van der Waals surface area contributed by atoms with E-state index in [1.807, 2.05) is 41.3 Å². The molecule has 1 amide bonds. The van der Waals surface area contributed by atoms with E-state index in [4.69, 9.17) is 16.3 Å². The van der Waals surface area contributed by atoms with Crippen LogP contribution in [0, 0.1) is 0 Å². The quantitative estimate of drug-likeness (QED) is 0.761. The Morgan fingerprint density at radius 2 is 2.00 bits per heavy atom. The monoisotopic (exact) mass is 343 g/mol. The number of halogens is 1. The Bertz CT molecular complexity index is 702. The molecule has 0 bridgehead atoms. The van der Waals surface area contributed by atoms with E-state index in [0.29, 0.717) is 12.3 Å². The lowest BCUT2D eigenvalue weighted by Gasteiger charge is -2.35. The summed E-state index contributed by atoms with van der Waals surface area (Å²) in [4.78, 5) is 14.6. The maximum atomic E-state index is 12.7. The SMILES string of the molecule is COc1ccc2c(c1)CCC(N(C(=O)CCCl)c1ccccc1)C2. The Balaban J connectivity index is 1.87. The number of anilines is 1. The lowest BCUT2D eigenvalue weighted by molar-refractivity contribution is -0.118. The summed E-state index contributed by atoms with van der Waals surface area (Å²) in [6.45, 7) is 0. The van der Waals surface area contributed by atoms with Gasteiger partial charge in [-0.05, 0) is 54.7 Å². The minimum Gasteiger partial charge on any atom is -0.497 e. The van der Waals surface area contributed by atoms with Crippen LogP contribution in [0.3, 0.4) is 0 Å². The molecule has 24 heavy (non-hydrogen) atoms. The lowest BCUT2D eigenvalue weighted by Crippen LogP contribution is -2.43. The van der Waals surface area contributed by atoms with Crippen molar-refractivity contribution < 1.29 is 9.53 Å². The molecule has 0 heterocycles. The maximum absolute atomic E-state index is 12.7. The highest BCUT2D eigenvalue weighted by molar-refractivity contribution is 6.19. The van der Waals surface area contributed by atoms with Gasteiger partial charge < -0.3 is 9.64 Å². The van der Waals surface area contributed by atoms with Crippen molar-refractivity contribution in [2.24, 2.45) is 0 Å². The number of amides is 1. The van der Waals surface area contributed by atoms with Crippen molar-refractivity contribution in [3.8, 4) is 5.75 Å². The van der Waals surface area contributed by atoms with E-state index in [2.05, 4.69) is 12.1 Å². The second-order valence-corrected chi connectivity index (χ2v) is 6.45. The van der Waals surface area contributed by atoms with E-state index in [9.17, 15) is 4.79 Å². The first-order chi connectivity index (χ1) is 11.7. The number of fused-ring (bicyclic) bond motifs is 1. The molecule has 0 aromatic heterocycles. The van der Waals surface area contributed by atoms with Crippen LogP contribution in [0.5, 0.6) is 5.75 Å². The summed E-state index contributed by atoms with van der Waals surface area (Å²) in [5, 5.41) is 0. The number of hydrogen-bond donors (Lipinski definition) is 0. The number of aryl methyl sites for hydroxylation is 1. The number of para-hydroxylation sites is 1. The molecule has 1 atom stereocenters. The van der Waals surface area contributed by atoms with Gasteiger partial charge in [0.05, 0.1) is 7.11 Å². The molecular weight excluding hydrogens is 322 g/mol. The first-order valence-electron chi connectivity index (χ1n) is 8.32. The van der Waals surface area contributed by atoms with Crippen molar-refractivity contribution in [1.82, 2.24) is 0 Å². The third-order valence-corrected chi connectivity index (χ3v) is 4.78. The Hall–Kier alpha value is -2.00. The molecule has 0 saturated carbocycles. The van der Waals surface area contributed by atoms with Crippen LogP contribution in [0.2, 0.25) is 0 Å². The van der Waals surface area contributed by atoms with E-state index in [1.165, 1.54) is 11.1 Å². The number of rotatable bonds is 5. The van der Waals surface area contributed by atoms with Gasteiger partial charge in [0.2, 0.25) is 5.91 Å². The van der Waals surface area contributed by atoms with Crippen LogP contribution in [-0.4, -0.2) is 24.9 Å². The molecule has 3 rings (SSSR count). The van der Waals surface area contributed by atoms with Gasteiger partial charge in [0.15, 0.2) is 0 Å². The molecule has 0 fully saturated rings. The first kappa shape index (κ1) is 16.8. The minimum absolute atomic E-state index is 0.0955. The normalized spacial score (nSPS) is 16.3. The molecule has 2 aromatic carbocycles. The number of ether oxygens (including phenoxy) is 1. The molecule has 4 heteroatoms. The van der Waals surface area contributed by atoms with Gasteiger partial charge in [0.1, 0.15) is 5.75 Å². The largest absolute Gasteiger partial charge is 0.497 e. The number of hydrogen-bond acceptors (Lipinski definition) is 2. The highest BCUT2D eigenvalue weighted by Crippen LogP contribution is 2.30. The standard InChI is InChI=1S/C20H22ClNO2/c1-24-19-10-8-15-13-18(9-7-16(15)14-19)22(20(23)11-12-21)17-5-3-2-4-6-17/h2-6,8,10,14,18H,7,9,11-13H2,1H3. The average molecular weight is 344 g/mol. The fourth-order valence-corrected chi connectivity index (χ4v) is 3.57. The Morgan fingerprint density at radius 1 is 1.21 bits per heavy atom. The molecule has 0 radical (unpaired) electrons. The number of methoxy groups -OCH3 is 1. The zero-order chi connectivity index (χ0) is 16.9. The summed E-state index contributed by atoms with van der Waals surface area (Å²) < 4.78 is 5.31. The van der Waals surface area contributed by atoms with Gasteiger partial charge in [-0.2, -0.15) is 0 Å². The molecule has 3 nitrogen and oxygen atoms in total. The van der Waals surface area contributed by atoms with Gasteiger partial charge in [-0.15, -0.1) is 11.6 Å². The zero-order valence-electron chi connectivity index (χ0n) is 13.9. The topological polar surface area (TPSA) is 29.5 Å². The summed E-state index contributed by atoms with van der Waals surface area (Å²) in [5.74, 6) is 1.34.